The Bertz CT molecular complexity index is 779. The summed E-state index contributed by atoms with van der Waals surface area (Å²) in [6, 6.07) is 9.85. The number of benzene rings is 1. The molecule has 0 saturated carbocycles. The molecule has 0 aliphatic heterocycles. The molecule has 1 amide bonds. The number of rotatable bonds is 8. The number of carbonyl (C=O) groups excluding carboxylic acids is 1. The lowest BCUT2D eigenvalue weighted by Crippen LogP contribution is -2.24. The van der Waals surface area contributed by atoms with Gasteiger partial charge in [0, 0.05) is 30.4 Å². The first kappa shape index (κ1) is 19.4. The summed E-state index contributed by atoms with van der Waals surface area (Å²) in [5, 5.41) is 2.52. The van der Waals surface area contributed by atoms with Gasteiger partial charge >= 0.3 is 0 Å². The Morgan fingerprint density at radius 1 is 1.20 bits per heavy atom. The largest absolute Gasteiger partial charge is 0.317 e. The van der Waals surface area contributed by atoms with Crippen LogP contribution in [-0.2, 0) is 15.8 Å². The van der Waals surface area contributed by atoms with Gasteiger partial charge in [-0.1, -0.05) is 31.2 Å². The number of unbranched alkanes of at least 4 members (excludes halogenated alkanes) is 1. The maximum absolute atomic E-state index is 12.1. The normalized spacial score (nSPS) is 11.2. The van der Waals surface area contributed by atoms with E-state index in [0.29, 0.717) is 18.0 Å². The molecule has 0 unspecified atom stereocenters. The Morgan fingerprint density at radius 2 is 1.96 bits per heavy atom. The van der Waals surface area contributed by atoms with Crippen LogP contribution in [0.1, 0.15) is 25.3 Å². The zero-order valence-corrected chi connectivity index (χ0v) is 15.6. The summed E-state index contributed by atoms with van der Waals surface area (Å²) in [4.78, 5) is 16.1. The van der Waals surface area contributed by atoms with Gasteiger partial charge in [0.1, 0.15) is 0 Å². The molecule has 0 aliphatic carbocycles. The Labute approximate surface area is 152 Å². The first-order chi connectivity index (χ1) is 12.0. The van der Waals surface area contributed by atoms with Gasteiger partial charge in [-0.05, 0) is 42.3 Å². The van der Waals surface area contributed by atoms with Crippen LogP contribution < -0.4 is 10.0 Å². The molecule has 25 heavy (non-hydrogen) atoms. The average molecular weight is 380 g/mol. The number of hydrogen-bond donors (Lipinski definition) is 2. The molecule has 1 heterocycles. The molecule has 0 radical (unpaired) electrons. The predicted octanol–water partition coefficient (Wildman–Crippen LogP) is 3.63. The minimum absolute atomic E-state index is 0.185. The van der Waals surface area contributed by atoms with E-state index in [0.717, 1.165) is 30.2 Å². The van der Waals surface area contributed by atoms with Crippen molar-refractivity contribution in [1.29, 1.82) is 0 Å². The number of pyridine rings is 1. The molecule has 0 atom stereocenters. The van der Waals surface area contributed by atoms with Crippen molar-refractivity contribution in [2.24, 2.45) is 0 Å². The third kappa shape index (κ3) is 6.49. The van der Waals surface area contributed by atoms with Crippen molar-refractivity contribution >= 4 is 32.7 Å². The van der Waals surface area contributed by atoms with Crippen LogP contribution in [0.5, 0.6) is 0 Å². The summed E-state index contributed by atoms with van der Waals surface area (Å²) < 4.78 is 26.7. The second kappa shape index (κ2) is 9.55. The Balaban J connectivity index is 1.88. The molecular formula is C17H21N3O3S2. The lowest BCUT2D eigenvalue weighted by atomic mass is 10.3. The Kier molecular flexibility index (Phi) is 7.42. The van der Waals surface area contributed by atoms with Gasteiger partial charge in [-0.3, -0.25) is 9.78 Å². The van der Waals surface area contributed by atoms with Crippen LogP contribution in [0, 0.1) is 0 Å². The van der Waals surface area contributed by atoms with Crippen LogP contribution in [0.3, 0.4) is 0 Å². The van der Waals surface area contributed by atoms with Crippen molar-refractivity contribution in [2.75, 3.05) is 11.9 Å². The maximum Gasteiger partial charge on any atom is 0.283 e. The van der Waals surface area contributed by atoms with Gasteiger partial charge in [0.25, 0.3) is 5.24 Å². The highest BCUT2D eigenvalue weighted by Gasteiger charge is 2.13. The molecule has 0 bridgehead atoms. The van der Waals surface area contributed by atoms with E-state index in [9.17, 15) is 13.2 Å². The van der Waals surface area contributed by atoms with Gasteiger partial charge in [-0.25, -0.2) is 13.1 Å². The number of hydrogen-bond acceptors (Lipinski definition) is 5. The summed E-state index contributed by atoms with van der Waals surface area (Å²) in [5.41, 5.74) is 1.51. The average Bonchev–Trinajstić information content (AvgIpc) is 2.61. The number of nitrogens with one attached hydrogen (secondary N) is 2. The Hall–Kier alpha value is -1.90. The molecule has 2 aromatic rings. The highest BCUT2D eigenvalue weighted by molar-refractivity contribution is 8.13. The quantitative estimate of drug-likeness (QED) is 0.684. The number of nitrogens with zero attached hydrogens (tertiary/aromatic N) is 1. The summed E-state index contributed by atoms with van der Waals surface area (Å²) in [5.74, 6) is 0.521. The van der Waals surface area contributed by atoms with Gasteiger partial charge in [-0.2, -0.15) is 0 Å². The van der Waals surface area contributed by atoms with Crippen molar-refractivity contribution in [3.63, 3.8) is 0 Å². The Morgan fingerprint density at radius 3 is 2.60 bits per heavy atom. The fourth-order valence-corrected chi connectivity index (χ4v) is 3.70. The fraction of sp³-hybridized carbons (Fsp3) is 0.294. The van der Waals surface area contributed by atoms with E-state index in [1.165, 1.54) is 12.1 Å². The third-order valence-corrected chi connectivity index (χ3v) is 5.65. The molecule has 0 aliphatic rings. The first-order valence-corrected chi connectivity index (χ1v) is 10.4. The number of anilines is 1. The number of aromatic nitrogens is 1. The van der Waals surface area contributed by atoms with Crippen molar-refractivity contribution in [3.8, 4) is 0 Å². The number of amides is 1. The molecule has 0 saturated heterocycles. The second-order valence-corrected chi connectivity index (χ2v) is 8.05. The van der Waals surface area contributed by atoms with Crippen LogP contribution in [0.4, 0.5) is 10.5 Å². The van der Waals surface area contributed by atoms with Crippen molar-refractivity contribution in [1.82, 2.24) is 9.71 Å². The number of thioether (sulfide) groups is 1. The minimum atomic E-state index is -3.50. The third-order valence-electron chi connectivity index (χ3n) is 3.33. The van der Waals surface area contributed by atoms with Crippen molar-refractivity contribution < 1.29 is 13.2 Å². The highest BCUT2D eigenvalue weighted by atomic mass is 32.2. The van der Waals surface area contributed by atoms with Gasteiger partial charge in [-0.15, -0.1) is 0 Å². The first-order valence-electron chi connectivity index (χ1n) is 7.93. The summed E-state index contributed by atoms with van der Waals surface area (Å²) >= 11 is 1.13. The van der Waals surface area contributed by atoms with Crippen molar-refractivity contribution in [2.45, 2.75) is 30.4 Å². The topological polar surface area (TPSA) is 88.2 Å². The zero-order chi connectivity index (χ0) is 18.1. The molecule has 2 N–H and O–H groups in total. The summed E-state index contributed by atoms with van der Waals surface area (Å²) in [6.45, 7) is 2.42. The molecular weight excluding hydrogens is 358 g/mol. The maximum atomic E-state index is 12.1. The van der Waals surface area contributed by atoms with Crippen LogP contribution in [0.25, 0.3) is 0 Å². The van der Waals surface area contributed by atoms with E-state index in [2.05, 4.69) is 15.0 Å². The monoisotopic (exact) mass is 379 g/mol. The second-order valence-electron chi connectivity index (χ2n) is 5.34. The van der Waals surface area contributed by atoms with E-state index < -0.39 is 10.0 Å². The molecule has 8 heteroatoms. The molecule has 1 aromatic carbocycles. The standard InChI is InChI=1S/C17H21N3O3S2/c1-2-3-11-19-25(22,23)16-8-6-15(7-9-16)20-17(21)24-13-14-5-4-10-18-12-14/h4-10,12,19H,2-3,11,13H2,1H3,(H,20,21). The SMILES string of the molecule is CCCCNS(=O)(=O)c1ccc(NC(=O)SCc2cccnc2)cc1. The molecule has 134 valence electrons. The molecule has 6 nitrogen and oxygen atoms in total. The number of carbonyl (C=O) groups is 1. The lowest BCUT2D eigenvalue weighted by molar-refractivity contribution is 0.269. The molecule has 0 spiro atoms. The van der Waals surface area contributed by atoms with E-state index in [-0.39, 0.29) is 10.1 Å². The van der Waals surface area contributed by atoms with Crippen LogP contribution >= 0.6 is 11.8 Å². The van der Waals surface area contributed by atoms with Gasteiger partial charge < -0.3 is 5.32 Å². The molecule has 2 rings (SSSR count). The molecule has 1 aromatic heterocycles. The van der Waals surface area contributed by atoms with E-state index in [1.807, 2.05) is 19.1 Å². The predicted molar refractivity (Wildman–Crippen MR) is 101 cm³/mol. The summed E-state index contributed by atoms with van der Waals surface area (Å²) in [7, 11) is -3.50. The van der Waals surface area contributed by atoms with Gasteiger partial charge in [0.05, 0.1) is 4.90 Å². The fourth-order valence-electron chi connectivity index (χ4n) is 1.97. The van der Waals surface area contributed by atoms with Crippen molar-refractivity contribution in [3.05, 3.63) is 54.4 Å². The number of sulfonamides is 1. The van der Waals surface area contributed by atoms with Gasteiger partial charge in [0.2, 0.25) is 10.0 Å². The van der Waals surface area contributed by atoms with E-state index in [1.54, 1.807) is 24.5 Å². The zero-order valence-electron chi connectivity index (χ0n) is 13.9. The van der Waals surface area contributed by atoms with E-state index in [4.69, 9.17) is 0 Å². The van der Waals surface area contributed by atoms with Crippen LogP contribution in [0.15, 0.2) is 53.7 Å². The van der Waals surface area contributed by atoms with Crippen LogP contribution in [-0.4, -0.2) is 25.2 Å². The smallest absolute Gasteiger partial charge is 0.283 e. The van der Waals surface area contributed by atoms with Crippen LogP contribution in [0.2, 0.25) is 0 Å². The molecule has 0 fully saturated rings. The minimum Gasteiger partial charge on any atom is -0.317 e. The lowest BCUT2D eigenvalue weighted by Gasteiger charge is -2.08. The van der Waals surface area contributed by atoms with Gasteiger partial charge in [0.15, 0.2) is 0 Å². The summed E-state index contributed by atoms with van der Waals surface area (Å²) in [6.07, 6.45) is 5.11. The highest BCUT2D eigenvalue weighted by Crippen LogP contribution is 2.18. The van der Waals surface area contributed by atoms with E-state index >= 15 is 0 Å².